The lowest BCUT2D eigenvalue weighted by Crippen LogP contribution is -2.40. The van der Waals surface area contributed by atoms with E-state index < -0.39 is 20.8 Å². The molecule has 0 radical (unpaired) electrons. The van der Waals surface area contributed by atoms with Gasteiger partial charge in [0.05, 0.1) is 17.7 Å². The predicted octanol–water partition coefficient (Wildman–Crippen LogP) is 0.716. The summed E-state index contributed by atoms with van der Waals surface area (Å²) < 4.78 is 23.5. The molecule has 1 fully saturated rings. The first-order chi connectivity index (χ1) is 7.97. The summed E-state index contributed by atoms with van der Waals surface area (Å²) >= 11 is 0. The number of nitriles is 1. The molecule has 0 aromatic heterocycles. The Hall–Kier alpha value is -1.09. The minimum absolute atomic E-state index is 0.0599. The number of likely N-dealkylation sites (tertiary alicyclic amines) is 1. The lowest BCUT2D eigenvalue weighted by molar-refractivity contribution is -0.129. The number of sulfone groups is 1. The van der Waals surface area contributed by atoms with Crippen LogP contribution in [0.5, 0.6) is 0 Å². The minimum atomic E-state index is -3.48. The smallest absolute Gasteiger partial charge is 0.237 e. The Labute approximate surface area is 102 Å². The van der Waals surface area contributed by atoms with Crippen LogP contribution in [0.2, 0.25) is 0 Å². The van der Waals surface area contributed by atoms with E-state index in [1.165, 1.54) is 6.92 Å². The summed E-state index contributed by atoms with van der Waals surface area (Å²) in [5.41, 5.74) is 0. The van der Waals surface area contributed by atoms with Crippen LogP contribution in [0.3, 0.4) is 0 Å². The van der Waals surface area contributed by atoms with Crippen molar-refractivity contribution in [3.8, 4) is 6.07 Å². The average Bonchev–Trinajstić information content (AvgIpc) is 2.30. The molecule has 1 aliphatic rings. The summed E-state index contributed by atoms with van der Waals surface area (Å²) in [4.78, 5) is 13.4. The predicted molar refractivity (Wildman–Crippen MR) is 63.9 cm³/mol. The summed E-state index contributed by atoms with van der Waals surface area (Å²) in [6, 6.07) is 1.82. The Morgan fingerprint density at radius 3 is 2.47 bits per heavy atom. The van der Waals surface area contributed by atoms with Crippen molar-refractivity contribution in [1.82, 2.24) is 4.90 Å². The monoisotopic (exact) mass is 258 g/mol. The molecule has 0 bridgehead atoms. The largest absolute Gasteiger partial charge is 0.342 e. The number of carbonyl (C=O) groups is 1. The summed E-state index contributed by atoms with van der Waals surface area (Å²) in [5.74, 6) is -0.787. The lowest BCUT2D eigenvalue weighted by Gasteiger charge is -2.26. The Bertz CT molecular complexity index is 405. The van der Waals surface area contributed by atoms with E-state index in [0.717, 1.165) is 19.3 Å². The van der Waals surface area contributed by atoms with Crippen LogP contribution in [0, 0.1) is 11.3 Å². The number of hydrogen-bond acceptors (Lipinski definition) is 4. The molecule has 1 rings (SSSR count). The van der Waals surface area contributed by atoms with Crippen LogP contribution in [0.4, 0.5) is 0 Å². The maximum absolute atomic E-state index is 11.8. The van der Waals surface area contributed by atoms with E-state index in [1.54, 1.807) is 4.90 Å². The maximum atomic E-state index is 11.8. The number of amides is 1. The van der Waals surface area contributed by atoms with E-state index >= 15 is 0 Å². The van der Waals surface area contributed by atoms with E-state index in [-0.39, 0.29) is 12.3 Å². The molecule has 0 N–H and O–H groups in total. The van der Waals surface area contributed by atoms with Gasteiger partial charge < -0.3 is 4.90 Å². The fourth-order valence-electron chi connectivity index (χ4n) is 1.80. The van der Waals surface area contributed by atoms with Gasteiger partial charge in [0.15, 0.2) is 9.84 Å². The molecule has 0 saturated carbocycles. The molecule has 5 nitrogen and oxygen atoms in total. The first-order valence-electron chi connectivity index (χ1n) is 5.83. The van der Waals surface area contributed by atoms with Crippen molar-refractivity contribution in [2.45, 2.75) is 37.9 Å². The molecule has 1 heterocycles. The standard InChI is InChI=1S/C11H18N2O3S/c1-10(5-6-12)17(15,16)9-11(14)13-7-3-2-4-8-13/h10H,2-5,7-9H2,1H3. The highest BCUT2D eigenvalue weighted by molar-refractivity contribution is 7.92. The molecule has 1 saturated heterocycles. The topological polar surface area (TPSA) is 78.2 Å². The van der Waals surface area contributed by atoms with Crippen molar-refractivity contribution in [2.75, 3.05) is 18.8 Å². The van der Waals surface area contributed by atoms with Crippen molar-refractivity contribution in [1.29, 1.82) is 5.26 Å². The van der Waals surface area contributed by atoms with E-state index in [4.69, 9.17) is 5.26 Å². The number of piperidine rings is 1. The van der Waals surface area contributed by atoms with E-state index in [0.29, 0.717) is 13.1 Å². The molecule has 0 aromatic carbocycles. The molecule has 17 heavy (non-hydrogen) atoms. The van der Waals surface area contributed by atoms with Crippen LogP contribution in [-0.2, 0) is 14.6 Å². The third-order valence-corrected chi connectivity index (χ3v) is 5.07. The SMILES string of the molecule is CC(CC#N)S(=O)(=O)CC(=O)N1CCCCC1. The van der Waals surface area contributed by atoms with E-state index in [2.05, 4.69) is 0 Å². The molecule has 1 unspecified atom stereocenters. The molecule has 1 atom stereocenters. The third-order valence-electron chi connectivity index (χ3n) is 3.03. The zero-order valence-corrected chi connectivity index (χ0v) is 10.9. The van der Waals surface area contributed by atoms with Crippen molar-refractivity contribution < 1.29 is 13.2 Å². The molecular formula is C11H18N2O3S. The van der Waals surface area contributed by atoms with Gasteiger partial charge >= 0.3 is 0 Å². The highest BCUT2D eigenvalue weighted by Gasteiger charge is 2.27. The molecule has 0 spiro atoms. The summed E-state index contributed by atoms with van der Waals surface area (Å²) in [6.07, 6.45) is 2.93. The van der Waals surface area contributed by atoms with Crippen molar-refractivity contribution in [3.63, 3.8) is 0 Å². The first kappa shape index (κ1) is 14.0. The second-order valence-electron chi connectivity index (χ2n) is 4.42. The number of hydrogen-bond donors (Lipinski definition) is 0. The Kier molecular flexibility index (Phi) is 4.94. The van der Waals surface area contributed by atoms with Gasteiger partial charge in [0.25, 0.3) is 0 Å². The van der Waals surface area contributed by atoms with Crippen molar-refractivity contribution >= 4 is 15.7 Å². The first-order valence-corrected chi connectivity index (χ1v) is 7.55. The van der Waals surface area contributed by atoms with Gasteiger partial charge in [-0.05, 0) is 26.2 Å². The van der Waals surface area contributed by atoms with Crippen LogP contribution in [0.25, 0.3) is 0 Å². The van der Waals surface area contributed by atoms with Gasteiger partial charge in [-0.3, -0.25) is 4.79 Å². The van der Waals surface area contributed by atoms with Gasteiger partial charge in [-0.25, -0.2) is 8.42 Å². The third kappa shape index (κ3) is 4.00. The second-order valence-corrected chi connectivity index (χ2v) is 6.84. The highest BCUT2D eigenvalue weighted by Crippen LogP contribution is 2.12. The molecule has 0 aliphatic carbocycles. The van der Waals surface area contributed by atoms with Gasteiger partial charge in [0.1, 0.15) is 5.75 Å². The highest BCUT2D eigenvalue weighted by atomic mass is 32.2. The average molecular weight is 258 g/mol. The maximum Gasteiger partial charge on any atom is 0.237 e. The molecule has 6 heteroatoms. The molecule has 1 aliphatic heterocycles. The van der Waals surface area contributed by atoms with Gasteiger partial charge in [-0.2, -0.15) is 5.26 Å². The second kappa shape index (κ2) is 6.01. The molecule has 96 valence electrons. The molecular weight excluding hydrogens is 240 g/mol. The lowest BCUT2D eigenvalue weighted by atomic mass is 10.1. The number of carbonyl (C=O) groups excluding carboxylic acids is 1. The van der Waals surface area contributed by atoms with Crippen molar-refractivity contribution in [2.24, 2.45) is 0 Å². The Morgan fingerprint density at radius 2 is 1.94 bits per heavy atom. The zero-order valence-electron chi connectivity index (χ0n) is 10.1. The van der Waals surface area contributed by atoms with Crippen LogP contribution >= 0.6 is 0 Å². The van der Waals surface area contributed by atoms with Gasteiger partial charge in [-0.15, -0.1) is 0 Å². The Balaban J connectivity index is 2.58. The zero-order chi connectivity index (χ0) is 12.9. The van der Waals surface area contributed by atoms with E-state index in [9.17, 15) is 13.2 Å². The quantitative estimate of drug-likeness (QED) is 0.744. The summed E-state index contributed by atoms with van der Waals surface area (Å²) in [6.45, 7) is 2.78. The van der Waals surface area contributed by atoms with E-state index in [1.807, 2.05) is 6.07 Å². The Morgan fingerprint density at radius 1 is 1.35 bits per heavy atom. The minimum Gasteiger partial charge on any atom is -0.342 e. The van der Waals surface area contributed by atoms with Crippen LogP contribution in [0.15, 0.2) is 0 Å². The fourth-order valence-corrected chi connectivity index (χ4v) is 2.94. The summed E-state index contributed by atoms with van der Waals surface area (Å²) in [7, 11) is -3.48. The fraction of sp³-hybridized carbons (Fsp3) is 0.818. The normalized spacial score (nSPS) is 18.5. The number of rotatable bonds is 4. The van der Waals surface area contributed by atoms with Crippen molar-refractivity contribution in [3.05, 3.63) is 0 Å². The summed E-state index contributed by atoms with van der Waals surface area (Å²) in [5, 5.41) is 7.71. The number of nitrogens with zero attached hydrogens (tertiary/aromatic N) is 2. The van der Waals surface area contributed by atoms with Crippen LogP contribution in [-0.4, -0.2) is 43.3 Å². The van der Waals surface area contributed by atoms with Gasteiger partial charge in [0, 0.05) is 13.1 Å². The van der Waals surface area contributed by atoms with Crippen LogP contribution in [0.1, 0.15) is 32.6 Å². The molecule has 1 amide bonds. The molecule has 0 aromatic rings. The van der Waals surface area contributed by atoms with Gasteiger partial charge in [0.2, 0.25) is 5.91 Å². The van der Waals surface area contributed by atoms with Crippen LogP contribution < -0.4 is 0 Å². The van der Waals surface area contributed by atoms with Gasteiger partial charge in [-0.1, -0.05) is 0 Å².